The minimum absolute atomic E-state index is 0.272. The summed E-state index contributed by atoms with van der Waals surface area (Å²) in [6, 6.07) is 11.2. The second-order valence-electron chi connectivity index (χ2n) is 8.36. The number of alkyl halides is 3. The van der Waals surface area contributed by atoms with Crippen molar-refractivity contribution in [1.82, 2.24) is 15.5 Å². The van der Waals surface area contributed by atoms with Gasteiger partial charge in [0.1, 0.15) is 0 Å². The van der Waals surface area contributed by atoms with E-state index in [9.17, 15) is 22.8 Å². The molecule has 0 aliphatic carbocycles. The van der Waals surface area contributed by atoms with E-state index in [0.717, 1.165) is 54.0 Å². The Morgan fingerprint density at radius 2 is 1.71 bits per heavy atom. The quantitative estimate of drug-likeness (QED) is 0.628. The van der Waals surface area contributed by atoms with E-state index >= 15 is 0 Å². The van der Waals surface area contributed by atoms with Gasteiger partial charge in [0.05, 0.1) is 16.9 Å². The van der Waals surface area contributed by atoms with Crippen molar-refractivity contribution in [2.45, 2.75) is 41.7 Å². The number of imide groups is 1. The van der Waals surface area contributed by atoms with Crippen LogP contribution in [0.5, 0.6) is 0 Å². The molecule has 0 radical (unpaired) electrons. The Balaban J connectivity index is 1.46. The number of hydrogen-bond donors (Lipinski definition) is 2. The van der Waals surface area contributed by atoms with Crippen LogP contribution in [0.2, 0.25) is 0 Å². The Bertz CT molecular complexity index is 1050. The number of carbonyl (C=O) groups is 2. The fraction of sp³-hybridized carbons (Fsp3) is 0.417. The number of halogens is 3. The highest BCUT2D eigenvalue weighted by atomic mass is 32.2. The largest absolute Gasteiger partial charge is 0.416 e. The highest BCUT2D eigenvalue weighted by Crippen LogP contribution is 2.49. The summed E-state index contributed by atoms with van der Waals surface area (Å²) in [6.07, 6.45) is -1.99. The topological polar surface area (TPSA) is 64.7 Å². The number of nitrogens with one attached hydrogen (secondary N) is 2. The van der Waals surface area contributed by atoms with Gasteiger partial charge < -0.3 is 15.1 Å². The lowest BCUT2D eigenvalue weighted by Gasteiger charge is -2.34. The summed E-state index contributed by atoms with van der Waals surface area (Å²) in [5.41, 5.74) is 0.843. The van der Waals surface area contributed by atoms with Crippen LogP contribution in [0.1, 0.15) is 31.2 Å². The lowest BCUT2D eigenvalue weighted by Crippen LogP contribution is -2.39. The predicted molar refractivity (Wildman–Crippen MR) is 125 cm³/mol. The molecule has 0 aromatic heterocycles. The molecule has 1 fully saturated rings. The molecule has 0 saturated carbocycles. The number of para-hydroxylation sites is 1. The van der Waals surface area contributed by atoms with E-state index in [2.05, 4.69) is 15.5 Å². The molecule has 34 heavy (non-hydrogen) atoms. The monoisotopic (exact) mass is 492 g/mol. The van der Waals surface area contributed by atoms with Gasteiger partial charge in [-0.15, -0.1) is 0 Å². The molecule has 10 heteroatoms. The predicted octanol–water partition coefficient (Wildman–Crippen LogP) is 5.01. The molecule has 1 saturated heterocycles. The van der Waals surface area contributed by atoms with Crippen LogP contribution in [-0.4, -0.2) is 49.6 Å². The lowest BCUT2D eigenvalue weighted by molar-refractivity contribution is -0.137. The van der Waals surface area contributed by atoms with Crippen molar-refractivity contribution in [3.05, 3.63) is 48.0 Å². The van der Waals surface area contributed by atoms with E-state index in [1.54, 1.807) is 6.07 Å². The zero-order chi connectivity index (χ0) is 24.1. The maximum absolute atomic E-state index is 13.4. The third-order valence-corrected chi connectivity index (χ3v) is 7.01. The Morgan fingerprint density at radius 3 is 2.53 bits per heavy atom. The van der Waals surface area contributed by atoms with Gasteiger partial charge in [0.2, 0.25) is 5.91 Å². The van der Waals surface area contributed by atoms with E-state index in [1.165, 1.54) is 17.8 Å². The molecule has 0 atom stereocenters. The smallest absolute Gasteiger partial charge is 0.340 e. The first-order chi connectivity index (χ1) is 16.3. The lowest BCUT2D eigenvalue weighted by atomic mass is 10.1. The first kappa shape index (κ1) is 24.4. The summed E-state index contributed by atoms with van der Waals surface area (Å²) in [4.78, 5) is 29.5. The summed E-state index contributed by atoms with van der Waals surface area (Å²) in [5, 5.41) is 4.99. The maximum Gasteiger partial charge on any atom is 0.416 e. The van der Waals surface area contributed by atoms with Gasteiger partial charge in [-0.1, -0.05) is 23.9 Å². The summed E-state index contributed by atoms with van der Waals surface area (Å²) in [5.74, 6) is -0.293. The van der Waals surface area contributed by atoms with Crippen LogP contribution >= 0.6 is 11.8 Å². The highest BCUT2D eigenvalue weighted by molar-refractivity contribution is 7.99. The van der Waals surface area contributed by atoms with Gasteiger partial charge in [0.25, 0.3) is 0 Å². The zero-order valence-electron chi connectivity index (χ0n) is 18.7. The summed E-state index contributed by atoms with van der Waals surface area (Å²) >= 11 is 1.49. The molecule has 3 amide bonds. The van der Waals surface area contributed by atoms with Gasteiger partial charge in [-0.25, -0.2) is 4.79 Å². The van der Waals surface area contributed by atoms with Crippen molar-refractivity contribution in [1.29, 1.82) is 0 Å². The average molecular weight is 493 g/mol. The molecule has 4 rings (SSSR count). The number of carbonyl (C=O) groups excluding carboxylic acids is 2. The van der Waals surface area contributed by atoms with E-state index in [-0.39, 0.29) is 12.3 Å². The number of amides is 3. The van der Waals surface area contributed by atoms with Crippen molar-refractivity contribution < 1.29 is 22.8 Å². The number of urea groups is 1. The number of anilines is 2. The highest BCUT2D eigenvalue weighted by Gasteiger charge is 2.33. The Morgan fingerprint density at radius 1 is 0.941 bits per heavy atom. The van der Waals surface area contributed by atoms with E-state index in [0.29, 0.717) is 25.2 Å². The van der Waals surface area contributed by atoms with Gasteiger partial charge in [-0.2, -0.15) is 13.2 Å². The van der Waals surface area contributed by atoms with Crippen molar-refractivity contribution in [3.8, 4) is 0 Å². The van der Waals surface area contributed by atoms with Crippen LogP contribution in [0.25, 0.3) is 0 Å². The Kier molecular flexibility index (Phi) is 7.67. The van der Waals surface area contributed by atoms with E-state index in [1.807, 2.05) is 29.2 Å². The van der Waals surface area contributed by atoms with Crippen LogP contribution in [0.4, 0.5) is 29.3 Å². The third-order valence-electron chi connectivity index (χ3n) is 5.88. The molecule has 2 aromatic carbocycles. The minimum Gasteiger partial charge on any atom is -0.340 e. The van der Waals surface area contributed by atoms with Gasteiger partial charge >= 0.3 is 12.2 Å². The second-order valence-corrected chi connectivity index (χ2v) is 9.44. The van der Waals surface area contributed by atoms with Crippen LogP contribution in [-0.2, 0) is 11.0 Å². The summed E-state index contributed by atoms with van der Waals surface area (Å²) in [7, 11) is 0. The molecule has 2 aromatic rings. The summed E-state index contributed by atoms with van der Waals surface area (Å²) < 4.78 is 40.2. The number of hydrogen-bond acceptors (Lipinski definition) is 5. The van der Waals surface area contributed by atoms with Crippen LogP contribution < -0.4 is 15.5 Å². The van der Waals surface area contributed by atoms with Gasteiger partial charge in [-0.3, -0.25) is 10.1 Å². The van der Waals surface area contributed by atoms with Gasteiger partial charge in [-0.05, 0) is 69.2 Å². The molecule has 2 aliphatic heterocycles. The van der Waals surface area contributed by atoms with Crippen molar-refractivity contribution in [3.63, 3.8) is 0 Å². The SMILES string of the molecule is O=C1CCCN(CCCN2c3ccccc3Sc3ccc(C(F)(F)F)cc32)CCCNC(=O)N1. The van der Waals surface area contributed by atoms with Crippen molar-refractivity contribution in [2.75, 3.05) is 37.6 Å². The molecule has 2 aliphatic rings. The van der Waals surface area contributed by atoms with Gasteiger partial charge in [0.15, 0.2) is 0 Å². The first-order valence-corrected chi connectivity index (χ1v) is 12.2. The second kappa shape index (κ2) is 10.7. The Hall–Kier alpha value is -2.72. The number of benzene rings is 2. The molecule has 0 bridgehead atoms. The van der Waals surface area contributed by atoms with E-state index in [4.69, 9.17) is 0 Å². The van der Waals surface area contributed by atoms with Crippen LogP contribution in [0.3, 0.4) is 0 Å². The molecule has 0 spiro atoms. The number of fused-ring (bicyclic) bond motifs is 2. The number of nitrogens with zero attached hydrogens (tertiary/aromatic N) is 2. The van der Waals surface area contributed by atoms with Gasteiger partial charge in [0, 0.05) is 29.3 Å². The minimum atomic E-state index is -4.40. The fourth-order valence-corrected chi connectivity index (χ4v) is 5.31. The van der Waals surface area contributed by atoms with E-state index < -0.39 is 17.8 Å². The number of rotatable bonds is 4. The molecule has 182 valence electrons. The van der Waals surface area contributed by atoms with Crippen LogP contribution in [0, 0.1) is 0 Å². The zero-order valence-corrected chi connectivity index (χ0v) is 19.5. The molecular formula is C24H27F3N4O2S. The van der Waals surface area contributed by atoms with Crippen molar-refractivity contribution >= 4 is 35.1 Å². The Labute approximate surface area is 200 Å². The van der Waals surface area contributed by atoms with Crippen LogP contribution in [0.15, 0.2) is 52.3 Å². The molecule has 2 N–H and O–H groups in total. The standard InChI is InChI=1S/C24H27F3N4O2S/c25-24(26,27)17-9-10-21-19(16-17)31(18-6-1-2-7-20(18)34-21)15-5-14-30-12-3-8-22(32)29-23(33)28-11-4-13-30/h1-2,6-7,9-10,16H,3-5,8,11-15H2,(H2,28,29,32,33). The maximum atomic E-state index is 13.4. The average Bonchev–Trinajstić information content (AvgIpc) is 2.82. The summed E-state index contributed by atoms with van der Waals surface area (Å²) in [6.45, 7) is 3.29. The molecular weight excluding hydrogens is 465 g/mol. The van der Waals surface area contributed by atoms with Crippen molar-refractivity contribution in [2.24, 2.45) is 0 Å². The third kappa shape index (κ3) is 6.04. The normalized spacial score (nSPS) is 17.8. The molecule has 0 unspecified atom stereocenters. The molecule has 2 heterocycles. The molecule has 6 nitrogen and oxygen atoms in total. The fourth-order valence-electron chi connectivity index (χ4n) is 4.24. The first-order valence-electron chi connectivity index (χ1n) is 11.4.